The van der Waals surface area contributed by atoms with Crippen LogP contribution in [0, 0.1) is 28.9 Å². The van der Waals surface area contributed by atoms with Gasteiger partial charge in [-0.15, -0.1) is 0 Å². The summed E-state index contributed by atoms with van der Waals surface area (Å²) in [6, 6.07) is 3.68. The van der Waals surface area contributed by atoms with Gasteiger partial charge >= 0.3 is 0 Å². The van der Waals surface area contributed by atoms with Crippen molar-refractivity contribution in [2.75, 3.05) is 13.1 Å². The number of rotatable bonds is 7. The molecule has 21 heavy (non-hydrogen) atoms. The van der Waals surface area contributed by atoms with E-state index < -0.39 is 11.6 Å². The highest BCUT2D eigenvalue weighted by molar-refractivity contribution is 5.76. The Morgan fingerprint density at radius 3 is 2.48 bits per heavy atom. The van der Waals surface area contributed by atoms with Gasteiger partial charge in [-0.2, -0.15) is 5.26 Å². The lowest BCUT2D eigenvalue weighted by atomic mass is 10.1. The van der Waals surface area contributed by atoms with Crippen molar-refractivity contribution in [2.24, 2.45) is 5.92 Å². The van der Waals surface area contributed by atoms with Gasteiger partial charge in [0.15, 0.2) is 0 Å². The number of halogens is 2. The molecule has 0 saturated heterocycles. The quantitative estimate of drug-likeness (QED) is 0.757. The molecule has 0 saturated carbocycles. The fourth-order valence-corrected chi connectivity index (χ4v) is 1.66. The lowest BCUT2D eigenvalue weighted by Crippen LogP contribution is -2.30. The second kappa shape index (κ2) is 8.32. The van der Waals surface area contributed by atoms with E-state index in [-0.39, 0.29) is 30.0 Å². The van der Waals surface area contributed by atoms with Crippen molar-refractivity contribution in [1.29, 1.82) is 5.26 Å². The van der Waals surface area contributed by atoms with Crippen LogP contribution in [0.25, 0.3) is 0 Å². The Morgan fingerprint density at radius 2 is 1.95 bits per heavy atom. The molecule has 1 aromatic carbocycles. The number of hydrogen-bond donors (Lipinski definition) is 2. The van der Waals surface area contributed by atoms with Gasteiger partial charge in [0, 0.05) is 31.6 Å². The monoisotopic (exact) mass is 295 g/mol. The first-order valence-corrected chi connectivity index (χ1v) is 6.79. The van der Waals surface area contributed by atoms with Gasteiger partial charge in [-0.05, 0) is 18.1 Å². The number of nitrogens with one attached hydrogen (secondary N) is 2. The van der Waals surface area contributed by atoms with Gasteiger partial charge in [-0.25, -0.2) is 8.78 Å². The van der Waals surface area contributed by atoms with Gasteiger partial charge in [0.2, 0.25) is 5.91 Å². The van der Waals surface area contributed by atoms with Gasteiger partial charge in [-0.3, -0.25) is 4.79 Å². The highest BCUT2D eigenvalue weighted by Gasteiger charge is 2.11. The van der Waals surface area contributed by atoms with Crippen molar-refractivity contribution < 1.29 is 13.6 Å². The summed E-state index contributed by atoms with van der Waals surface area (Å²) in [6.45, 7) is 4.89. The van der Waals surface area contributed by atoms with E-state index in [9.17, 15) is 13.6 Å². The molecule has 0 aliphatic rings. The molecule has 114 valence electrons. The van der Waals surface area contributed by atoms with E-state index in [1.54, 1.807) is 6.07 Å². The third kappa shape index (κ3) is 5.88. The number of hydrogen-bond acceptors (Lipinski definition) is 3. The molecule has 1 rings (SSSR count). The highest BCUT2D eigenvalue weighted by Crippen LogP contribution is 2.14. The van der Waals surface area contributed by atoms with Crippen LogP contribution < -0.4 is 10.6 Å². The van der Waals surface area contributed by atoms with E-state index in [0.717, 1.165) is 12.1 Å². The summed E-state index contributed by atoms with van der Waals surface area (Å²) in [5, 5.41) is 14.2. The number of carbonyl (C=O) groups excluding carboxylic acids is 1. The maximum Gasteiger partial charge on any atom is 0.221 e. The Balaban J connectivity index is 2.40. The van der Waals surface area contributed by atoms with Crippen LogP contribution in [0.1, 0.15) is 31.4 Å². The van der Waals surface area contributed by atoms with Crippen LogP contribution in [0.15, 0.2) is 12.1 Å². The fraction of sp³-hybridized carbons (Fsp3) is 0.467. The maximum atomic E-state index is 13.6. The molecule has 1 aromatic rings. The van der Waals surface area contributed by atoms with Crippen molar-refractivity contribution in [3.05, 3.63) is 34.9 Å². The molecule has 0 unspecified atom stereocenters. The minimum Gasteiger partial charge on any atom is -0.356 e. The molecule has 0 aliphatic heterocycles. The first kappa shape index (κ1) is 17.1. The van der Waals surface area contributed by atoms with E-state index in [2.05, 4.69) is 10.6 Å². The highest BCUT2D eigenvalue weighted by atomic mass is 19.1. The third-order valence-corrected chi connectivity index (χ3v) is 2.81. The largest absolute Gasteiger partial charge is 0.356 e. The second-order valence-corrected chi connectivity index (χ2v) is 5.15. The zero-order chi connectivity index (χ0) is 15.8. The standard InChI is InChI=1S/C15H19F2N3O/c1-10(2)8-20-15(21)3-4-19-9-12-13(16)5-11(7-18)6-14(12)17/h5-6,10,19H,3-4,8-9H2,1-2H3,(H,20,21). The lowest BCUT2D eigenvalue weighted by molar-refractivity contribution is -0.121. The summed E-state index contributed by atoms with van der Waals surface area (Å²) in [6.07, 6.45) is 0.242. The minimum atomic E-state index is -0.761. The zero-order valence-electron chi connectivity index (χ0n) is 12.2. The maximum absolute atomic E-state index is 13.6. The summed E-state index contributed by atoms with van der Waals surface area (Å²) >= 11 is 0. The smallest absolute Gasteiger partial charge is 0.221 e. The predicted molar refractivity (Wildman–Crippen MR) is 75.2 cm³/mol. The Morgan fingerprint density at radius 1 is 1.33 bits per heavy atom. The summed E-state index contributed by atoms with van der Waals surface area (Å²) in [4.78, 5) is 11.4. The van der Waals surface area contributed by atoms with Crippen molar-refractivity contribution in [3.8, 4) is 6.07 Å². The molecule has 1 amide bonds. The van der Waals surface area contributed by atoms with E-state index in [0.29, 0.717) is 19.0 Å². The van der Waals surface area contributed by atoms with Crippen molar-refractivity contribution in [2.45, 2.75) is 26.8 Å². The van der Waals surface area contributed by atoms with Crippen LogP contribution in [-0.4, -0.2) is 19.0 Å². The van der Waals surface area contributed by atoms with E-state index in [4.69, 9.17) is 5.26 Å². The van der Waals surface area contributed by atoms with Crippen LogP contribution in [0.3, 0.4) is 0 Å². The average Bonchev–Trinajstić information content (AvgIpc) is 2.43. The first-order chi connectivity index (χ1) is 9.93. The second-order valence-electron chi connectivity index (χ2n) is 5.15. The van der Waals surface area contributed by atoms with E-state index >= 15 is 0 Å². The third-order valence-electron chi connectivity index (χ3n) is 2.81. The molecule has 4 nitrogen and oxygen atoms in total. The summed E-state index contributed by atoms with van der Waals surface area (Å²) < 4.78 is 27.2. The molecular formula is C15H19F2N3O. The molecule has 2 N–H and O–H groups in total. The molecule has 0 radical (unpaired) electrons. The zero-order valence-corrected chi connectivity index (χ0v) is 12.2. The molecule has 0 aliphatic carbocycles. The van der Waals surface area contributed by atoms with Crippen LogP contribution in [-0.2, 0) is 11.3 Å². The van der Waals surface area contributed by atoms with Gasteiger partial charge < -0.3 is 10.6 Å². The Bertz CT molecular complexity index is 515. The number of nitriles is 1. The molecule has 0 atom stereocenters. The number of benzene rings is 1. The minimum absolute atomic E-state index is 0.0269. The molecular weight excluding hydrogens is 276 g/mol. The van der Waals surface area contributed by atoms with E-state index in [1.165, 1.54) is 0 Å². The number of carbonyl (C=O) groups is 1. The van der Waals surface area contributed by atoms with Gasteiger partial charge in [0.1, 0.15) is 11.6 Å². The van der Waals surface area contributed by atoms with Crippen molar-refractivity contribution in [3.63, 3.8) is 0 Å². The predicted octanol–water partition coefficient (Wildman–Crippen LogP) is 2.09. The van der Waals surface area contributed by atoms with Crippen LogP contribution in [0.2, 0.25) is 0 Å². The van der Waals surface area contributed by atoms with Gasteiger partial charge in [0.25, 0.3) is 0 Å². The van der Waals surface area contributed by atoms with Crippen LogP contribution >= 0.6 is 0 Å². The first-order valence-electron chi connectivity index (χ1n) is 6.79. The van der Waals surface area contributed by atoms with Crippen molar-refractivity contribution >= 4 is 5.91 Å². The van der Waals surface area contributed by atoms with Gasteiger partial charge in [0.05, 0.1) is 11.6 Å². The molecule has 0 aromatic heterocycles. The Labute approximate surface area is 123 Å². The SMILES string of the molecule is CC(C)CNC(=O)CCNCc1c(F)cc(C#N)cc1F. The molecule has 6 heteroatoms. The molecule has 0 spiro atoms. The summed E-state index contributed by atoms with van der Waals surface area (Å²) in [5.41, 5.74) is -0.182. The molecule has 0 fully saturated rings. The summed E-state index contributed by atoms with van der Waals surface area (Å²) in [5.74, 6) is -1.24. The number of nitrogens with zero attached hydrogens (tertiary/aromatic N) is 1. The Kier molecular flexibility index (Phi) is 6.76. The summed E-state index contributed by atoms with van der Waals surface area (Å²) in [7, 11) is 0. The topological polar surface area (TPSA) is 64.9 Å². The van der Waals surface area contributed by atoms with Crippen molar-refractivity contribution in [1.82, 2.24) is 10.6 Å². The molecule has 0 bridgehead atoms. The fourth-order valence-electron chi connectivity index (χ4n) is 1.66. The normalized spacial score (nSPS) is 10.5. The van der Waals surface area contributed by atoms with Crippen LogP contribution in [0.5, 0.6) is 0 Å². The van der Waals surface area contributed by atoms with Crippen LogP contribution in [0.4, 0.5) is 8.78 Å². The lowest BCUT2D eigenvalue weighted by Gasteiger charge is -2.09. The molecule has 0 heterocycles. The van der Waals surface area contributed by atoms with E-state index in [1.807, 2.05) is 13.8 Å². The number of amides is 1. The Hall–Kier alpha value is -2.00. The van der Waals surface area contributed by atoms with Gasteiger partial charge in [-0.1, -0.05) is 13.8 Å². The average molecular weight is 295 g/mol.